The minimum atomic E-state index is 0.117. The smallest absolute Gasteiger partial charge is 0.253 e. The van der Waals surface area contributed by atoms with Gasteiger partial charge in [0.15, 0.2) is 0 Å². The summed E-state index contributed by atoms with van der Waals surface area (Å²) in [5.74, 6) is 0.117. The first-order chi connectivity index (χ1) is 15.3. The predicted molar refractivity (Wildman–Crippen MR) is 125 cm³/mol. The van der Waals surface area contributed by atoms with Crippen molar-refractivity contribution in [1.29, 1.82) is 0 Å². The second kappa shape index (κ2) is 8.70. The van der Waals surface area contributed by atoms with Crippen molar-refractivity contribution in [3.63, 3.8) is 0 Å². The lowest BCUT2D eigenvalue weighted by Gasteiger charge is -2.35. The molecule has 1 aliphatic heterocycles. The lowest BCUT2D eigenvalue weighted by molar-refractivity contribution is 0.0629. The Morgan fingerprint density at radius 1 is 0.742 bits per heavy atom. The minimum Gasteiger partial charge on any atom is -0.336 e. The molecule has 4 nitrogen and oxygen atoms in total. The van der Waals surface area contributed by atoms with Crippen LogP contribution >= 0.6 is 0 Å². The Morgan fingerprint density at radius 3 is 2.23 bits per heavy atom. The number of fused-ring (bicyclic) bond motifs is 1. The van der Waals surface area contributed by atoms with Crippen LogP contribution in [0.5, 0.6) is 0 Å². The average Bonchev–Trinajstić information content (AvgIpc) is 2.85. The summed E-state index contributed by atoms with van der Waals surface area (Å²) in [6.45, 7) is 4.10. The molecule has 0 unspecified atom stereocenters. The highest BCUT2D eigenvalue weighted by molar-refractivity contribution is 5.94. The number of carbonyl (C=O) groups is 1. The molecule has 31 heavy (non-hydrogen) atoms. The highest BCUT2D eigenvalue weighted by atomic mass is 16.2. The molecule has 0 atom stereocenters. The molecule has 3 aromatic carbocycles. The zero-order valence-corrected chi connectivity index (χ0v) is 17.4. The molecule has 0 spiro atoms. The van der Waals surface area contributed by atoms with Gasteiger partial charge >= 0.3 is 0 Å². The van der Waals surface area contributed by atoms with Gasteiger partial charge in [-0.3, -0.25) is 14.7 Å². The van der Waals surface area contributed by atoms with E-state index in [1.54, 1.807) is 0 Å². The van der Waals surface area contributed by atoms with Crippen molar-refractivity contribution in [2.45, 2.75) is 6.54 Å². The third kappa shape index (κ3) is 4.21. The van der Waals surface area contributed by atoms with Crippen molar-refractivity contribution in [1.82, 2.24) is 14.8 Å². The summed E-state index contributed by atoms with van der Waals surface area (Å²) in [4.78, 5) is 21.9. The van der Waals surface area contributed by atoms with E-state index in [9.17, 15) is 4.79 Å². The summed E-state index contributed by atoms with van der Waals surface area (Å²) >= 11 is 0. The normalized spacial score (nSPS) is 14.6. The number of nitrogens with zero attached hydrogens (tertiary/aromatic N) is 3. The van der Waals surface area contributed by atoms with Crippen LogP contribution in [0.2, 0.25) is 0 Å². The molecule has 0 bridgehead atoms. The van der Waals surface area contributed by atoms with Gasteiger partial charge < -0.3 is 4.90 Å². The van der Waals surface area contributed by atoms with E-state index in [0.717, 1.165) is 54.9 Å². The topological polar surface area (TPSA) is 36.4 Å². The number of hydrogen-bond donors (Lipinski definition) is 0. The van der Waals surface area contributed by atoms with Crippen molar-refractivity contribution >= 4 is 16.8 Å². The fourth-order valence-corrected chi connectivity index (χ4v) is 4.26. The number of para-hydroxylation sites is 1. The van der Waals surface area contributed by atoms with Crippen molar-refractivity contribution < 1.29 is 4.79 Å². The molecule has 5 rings (SSSR count). The van der Waals surface area contributed by atoms with Gasteiger partial charge in [-0.1, -0.05) is 66.7 Å². The lowest BCUT2D eigenvalue weighted by atomic mass is 10.0. The minimum absolute atomic E-state index is 0.117. The Hall–Kier alpha value is -3.50. The van der Waals surface area contributed by atoms with Gasteiger partial charge in [-0.05, 0) is 34.9 Å². The third-order valence-corrected chi connectivity index (χ3v) is 6.01. The fourth-order valence-electron chi connectivity index (χ4n) is 4.26. The number of hydrogen-bond acceptors (Lipinski definition) is 3. The van der Waals surface area contributed by atoms with Crippen LogP contribution in [0.4, 0.5) is 0 Å². The van der Waals surface area contributed by atoms with E-state index < -0.39 is 0 Å². The van der Waals surface area contributed by atoms with Crippen LogP contribution in [0, 0.1) is 0 Å². The first-order valence-corrected chi connectivity index (χ1v) is 10.8. The van der Waals surface area contributed by atoms with Gasteiger partial charge in [0, 0.05) is 49.9 Å². The number of aromatic nitrogens is 1. The summed E-state index contributed by atoms with van der Waals surface area (Å²) in [7, 11) is 0. The predicted octanol–water partition coefficient (Wildman–Crippen LogP) is 4.86. The van der Waals surface area contributed by atoms with E-state index in [1.807, 2.05) is 59.6 Å². The number of pyridine rings is 1. The van der Waals surface area contributed by atoms with Crippen LogP contribution in [0.25, 0.3) is 22.0 Å². The Kier molecular flexibility index (Phi) is 5.46. The zero-order chi connectivity index (χ0) is 21.0. The molecule has 4 aromatic rings. The molecule has 1 aromatic heterocycles. The van der Waals surface area contributed by atoms with Crippen LogP contribution in [0.3, 0.4) is 0 Å². The highest BCUT2D eigenvalue weighted by Crippen LogP contribution is 2.21. The highest BCUT2D eigenvalue weighted by Gasteiger charge is 2.22. The van der Waals surface area contributed by atoms with Gasteiger partial charge in [-0.15, -0.1) is 0 Å². The Bertz CT molecular complexity index is 1170. The van der Waals surface area contributed by atoms with E-state index in [0.29, 0.717) is 0 Å². The van der Waals surface area contributed by atoms with Crippen LogP contribution in [-0.2, 0) is 6.54 Å². The molecule has 0 N–H and O–H groups in total. The number of carbonyl (C=O) groups excluding carboxylic acids is 1. The van der Waals surface area contributed by atoms with E-state index in [2.05, 4.69) is 46.3 Å². The Balaban J connectivity index is 1.22. The first kappa shape index (κ1) is 19.5. The van der Waals surface area contributed by atoms with E-state index in [-0.39, 0.29) is 5.91 Å². The monoisotopic (exact) mass is 407 g/mol. The maximum Gasteiger partial charge on any atom is 0.253 e. The summed E-state index contributed by atoms with van der Waals surface area (Å²) in [6.07, 6.45) is 1.85. The van der Waals surface area contributed by atoms with Crippen LogP contribution in [-0.4, -0.2) is 46.9 Å². The van der Waals surface area contributed by atoms with Crippen molar-refractivity contribution in [2.24, 2.45) is 0 Å². The average molecular weight is 408 g/mol. The Morgan fingerprint density at radius 2 is 1.45 bits per heavy atom. The van der Waals surface area contributed by atoms with Crippen LogP contribution in [0.1, 0.15) is 15.9 Å². The number of amides is 1. The molecular formula is C27H25N3O. The molecule has 0 aliphatic carbocycles. The van der Waals surface area contributed by atoms with Crippen molar-refractivity contribution in [3.8, 4) is 11.1 Å². The van der Waals surface area contributed by atoms with Crippen LogP contribution in [0.15, 0.2) is 91.1 Å². The van der Waals surface area contributed by atoms with E-state index in [1.165, 1.54) is 10.9 Å². The van der Waals surface area contributed by atoms with E-state index in [4.69, 9.17) is 0 Å². The second-order valence-electron chi connectivity index (χ2n) is 8.00. The van der Waals surface area contributed by atoms with Crippen molar-refractivity contribution in [2.75, 3.05) is 26.2 Å². The molecule has 1 fully saturated rings. The number of piperazine rings is 1. The maximum atomic E-state index is 13.0. The van der Waals surface area contributed by atoms with Crippen LogP contribution < -0.4 is 0 Å². The van der Waals surface area contributed by atoms with Gasteiger partial charge in [0.2, 0.25) is 0 Å². The Labute approximate surface area is 182 Å². The van der Waals surface area contributed by atoms with Gasteiger partial charge in [0.1, 0.15) is 0 Å². The van der Waals surface area contributed by atoms with Gasteiger partial charge in [-0.2, -0.15) is 0 Å². The molecule has 1 aliphatic rings. The maximum absolute atomic E-state index is 13.0. The van der Waals surface area contributed by atoms with Gasteiger partial charge in [0.25, 0.3) is 5.91 Å². The zero-order valence-electron chi connectivity index (χ0n) is 17.4. The standard InChI is InChI=1S/C27H25N3O/c31-27(24-13-11-22(12-14-24)21-6-2-1-3-7-21)30-18-16-29(17-19-30)20-25-9-4-8-23-10-5-15-28-26(23)25/h1-15H,16-20H2. The fraction of sp³-hybridized carbons (Fsp3) is 0.185. The summed E-state index contributed by atoms with van der Waals surface area (Å²) in [5.41, 5.74) is 5.37. The molecular weight excluding hydrogens is 382 g/mol. The molecule has 154 valence electrons. The first-order valence-electron chi connectivity index (χ1n) is 10.8. The SMILES string of the molecule is O=C(c1ccc(-c2ccccc2)cc1)N1CCN(Cc2cccc3cccnc23)CC1. The number of benzene rings is 3. The molecule has 1 amide bonds. The summed E-state index contributed by atoms with van der Waals surface area (Å²) in [5, 5.41) is 1.17. The molecule has 4 heteroatoms. The largest absolute Gasteiger partial charge is 0.336 e. The lowest BCUT2D eigenvalue weighted by Crippen LogP contribution is -2.48. The van der Waals surface area contributed by atoms with Crippen molar-refractivity contribution in [3.05, 3.63) is 102 Å². The molecule has 2 heterocycles. The number of rotatable bonds is 4. The molecule has 0 saturated carbocycles. The molecule has 0 radical (unpaired) electrons. The van der Waals surface area contributed by atoms with Gasteiger partial charge in [-0.25, -0.2) is 0 Å². The molecule has 1 saturated heterocycles. The third-order valence-electron chi connectivity index (χ3n) is 6.01. The quantitative estimate of drug-likeness (QED) is 0.485. The van der Waals surface area contributed by atoms with E-state index >= 15 is 0 Å². The second-order valence-corrected chi connectivity index (χ2v) is 8.00. The summed E-state index contributed by atoms with van der Waals surface area (Å²) < 4.78 is 0. The van der Waals surface area contributed by atoms with Gasteiger partial charge in [0.05, 0.1) is 5.52 Å². The summed E-state index contributed by atoms with van der Waals surface area (Å²) in [6, 6.07) is 28.6.